The molecule has 2 amide bonds. The lowest BCUT2D eigenvalue weighted by Gasteiger charge is -2.37. The van der Waals surface area contributed by atoms with E-state index in [-0.39, 0.29) is 35.9 Å². The quantitative estimate of drug-likeness (QED) is 0.831. The molecule has 1 aromatic rings. The van der Waals surface area contributed by atoms with Crippen LogP contribution in [0.5, 0.6) is 0 Å². The molecule has 0 radical (unpaired) electrons. The second-order valence-electron chi connectivity index (χ2n) is 7.38. The van der Waals surface area contributed by atoms with E-state index >= 15 is 0 Å². The maximum Gasteiger partial charge on any atom is 0.225 e. The Morgan fingerprint density at radius 2 is 1.85 bits per heavy atom. The summed E-state index contributed by atoms with van der Waals surface area (Å²) < 4.78 is 26.9. The topological polar surface area (TPSA) is 49.4 Å². The van der Waals surface area contributed by atoms with Gasteiger partial charge in [0.1, 0.15) is 11.6 Å². The third-order valence-corrected chi connectivity index (χ3v) is 5.54. The van der Waals surface area contributed by atoms with Crippen molar-refractivity contribution < 1.29 is 18.4 Å². The van der Waals surface area contributed by atoms with Crippen LogP contribution in [0.15, 0.2) is 18.2 Å². The number of nitrogens with zero attached hydrogens (tertiary/aromatic N) is 1. The van der Waals surface area contributed by atoms with E-state index in [4.69, 9.17) is 0 Å². The molecule has 0 aromatic heterocycles. The number of halogens is 2. The second-order valence-corrected chi connectivity index (χ2v) is 7.38. The van der Waals surface area contributed by atoms with E-state index < -0.39 is 11.6 Å². The molecule has 0 bridgehead atoms. The molecule has 2 fully saturated rings. The Hall–Kier alpha value is -1.98. The van der Waals surface area contributed by atoms with Crippen LogP contribution in [0, 0.1) is 17.6 Å². The molecule has 1 atom stereocenters. The van der Waals surface area contributed by atoms with Crippen molar-refractivity contribution in [3.63, 3.8) is 0 Å². The van der Waals surface area contributed by atoms with Gasteiger partial charge in [-0.1, -0.05) is 25.7 Å². The first-order valence-corrected chi connectivity index (χ1v) is 9.55. The van der Waals surface area contributed by atoms with Crippen LogP contribution < -0.4 is 5.32 Å². The molecule has 1 saturated heterocycles. The van der Waals surface area contributed by atoms with Gasteiger partial charge in [-0.15, -0.1) is 0 Å². The largest absolute Gasteiger partial charge is 0.352 e. The molecule has 1 aliphatic heterocycles. The number of amides is 2. The maximum atomic E-state index is 13.7. The standard InChI is InChI=1S/C20H26F2N2O2/c21-16-8-9-18(22)15(11-16)12-23-20(26)14-7-10-19(25)24(13-14)17-5-3-1-2-4-6-17/h8-9,11,14,17H,1-7,10,12-13H2,(H,23,26)/t14-/m1/s1. The van der Waals surface area contributed by atoms with E-state index in [0.29, 0.717) is 19.4 Å². The summed E-state index contributed by atoms with van der Waals surface area (Å²) in [5.74, 6) is -1.41. The van der Waals surface area contributed by atoms with Gasteiger partial charge in [0.25, 0.3) is 0 Å². The molecule has 1 aromatic carbocycles. The van der Waals surface area contributed by atoms with Crippen LogP contribution in [0.1, 0.15) is 56.9 Å². The van der Waals surface area contributed by atoms with E-state index in [0.717, 1.165) is 43.9 Å². The number of piperidine rings is 1. The molecule has 1 heterocycles. The van der Waals surface area contributed by atoms with E-state index in [1.165, 1.54) is 12.8 Å². The summed E-state index contributed by atoms with van der Waals surface area (Å²) in [6.07, 6.45) is 7.59. The molecular weight excluding hydrogens is 338 g/mol. The number of likely N-dealkylation sites (tertiary alicyclic amines) is 1. The normalized spacial score (nSPS) is 22.2. The molecule has 1 N–H and O–H groups in total. The van der Waals surface area contributed by atoms with Gasteiger partial charge >= 0.3 is 0 Å². The zero-order valence-corrected chi connectivity index (χ0v) is 15.0. The average molecular weight is 364 g/mol. The highest BCUT2D eigenvalue weighted by Crippen LogP contribution is 2.27. The van der Waals surface area contributed by atoms with Crippen LogP contribution in [-0.4, -0.2) is 29.3 Å². The lowest BCUT2D eigenvalue weighted by atomic mass is 9.93. The predicted octanol–water partition coefficient (Wildman–Crippen LogP) is 3.54. The summed E-state index contributed by atoms with van der Waals surface area (Å²) >= 11 is 0. The van der Waals surface area contributed by atoms with Crippen LogP contribution in [0.3, 0.4) is 0 Å². The summed E-state index contributed by atoms with van der Waals surface area (Å²) in [5.41, 5.74) is 0.130. The minimum absolute atomic E-state index is 0.0453. The van der Waals surface area contributed by atoms with Gasteiger partial charge in [0.05, 0.1) is 5.92 Å². The van der Waals surface area contributed by atoms with Crippen molar-refractivity contribution >= 4 is 11.8 Å². The van der Waals surface area contributed by atoms with Crippen molar-refractivity contribution in [2.24, 2.45) is 5.92 Å². The SMILES string of the molecule is O=C(NCc1cc(F)ccc1F)[C@@H]1CCC(=O)N(C2CCCCCC2)C1. The maximum absolute atomic E-state index is 13.7. The zero-order chi connectivity index (χ0) is 18.5. The number of carbonyl (C=O) groups is 2. The zero-order valence-electron chi connectivity index (χ0n) is 15.0. The van der Waals surface area contributed by atoms with Crippen molar-refractivity contribution in [1.29, 1.82) is 0 Å². The van der Waals surface area contributed by atoms with E-state index in [2.05, 4.69) is 5.32 Å². The Balaban J connectivity index is 1.58. The van der Waals surface area contributed by atoms with Crippen LogP contribution in [-0.2, 0) is 16.1 Å². The summed E-state index contributed by atoms with van der Waals surface area (Å²) in [5, 5.41) is 2.70. The molecule has 0 spiro atoms. The first-order valence-electron chi connectivity index (χ1n) is 9.55. The molecule has 1 saturated carbocycles. The van der Waals surface area contributed by atoms with Crippen LogP contribution in [0.25, 0.3) is 0 Å². The Bertz CT molecular complexity index is 657. The third kappa shape index (κ3) is 4.59. The number of nitrogens with one attached hydrogen (secondary N) is 1. The number of benzene rings is 1. The molecule has 4 nitrogen and oxygen atoms in total. The van der Waals surface area contributed by atoms with Gasteiger partial charge in [-0.05, 0) is 37.5 Å². The van der Waals surface area contributed by atoms with Gasteiger partial charge < -0.3 is 10.2 Å². The molecule has 0 unspecified atom stereocenters. The van der Waals surface area contributed by atoms with Crippen molar-refractivity contribution in [2.45, 2.75) is 64.0 Å². The molecule has 2 aliphatic rings. The minimum atomic E-state index is -0.536. The van der Waals surface area contributed by atoms with Crippen molar-refractivity contribution in [1.82, 2.24) is 10.2 Å². The number of rotatable bonds is 4. The lowest BCUT2D eigenvalue weighted by molar-refractivity contribution is -0.141. The predicted molar refractivity (Wildman–Crippen MR) is 94.1 cm³/mol. The highest BCUT2D eigenvalue weighted by molar-refractivity contribution is 5.84. The van der Waals surface area contributed by atoms with E-state index in [1.54, 1.807) is 0 Å². The number of hydrogen-bond donors (Lipinski definition) is 1. The molecule has 1 aliphatic carbocycles. The van der Waals surface area contributed by atoms with Crippen molar-refractivity contribution in [3.05, 3.63) is 35.4 Å². The van der Waals surface area contributed by atoms with Crippen LogP contribution >= 0.6 is 0 Å². The van der Waals surface area contributed by atoms with Gasteiger partial charge in [-0.25, -0.2) is 8.78 Å². The summed E-state index contributed by atoms with van der Waals surface area (Å²) in [7, 11) is 0. The number of hydrogen-bond acceptors (Lipinski definition) is 2. The van der Waals surface area contributed by atoms with Gasteiger partial charge in [-0.3, -0.25) is 9.59 Å². The Morgan fingerprint density at radius 3 is 2.58 bits per heavy atom. The Morgan fingerprint density at radius 1 is 1.12 bits per heavy atom. The fraction of sp³-hybridized carbons (Fsp3) is 0.600. The summed E-state index contributed by atoms with van der Waals surface area (Å²) in [4.78, 5) is 26.7. The van der Waals surface area contributed by atoms with E-state index in [1.807, 2.05) is 4.90 Å². The van der Waals surface area contributed by atoms with Crippen molar-refractivity contribution in [3.8, 4) is 0 Å². The third-order valence-electron chi connectivity index (χ3n) is 5.54. The highest BCUT2D eigenvalue weighted by Gasteiger charge is 2.34. The first kappa shape index (κ1) is 18.8. The summed E-state index contributed by atoms with van der Waals surface area (Å²) in [6.45, 7) is 0.386. The average Bonchev–Trinajstić information content (AvgIpc) is 2.92. The van der Waals surface area contributed by atoms with Crippen LogP contribution in [0.4, 0.5) is 8.78 Å². The lowest BCUT2D eigenvalue weighted by Crippen LogP contribution is -2.49. The highest BCUT2D eigenvalue weighted by atomic mass is 19.1. The summed E-state index contributed by atoms with van der Waals surface area (Å²) in [6, 6.07) is 3.45. The first-order chi connectivity index (χ1) is 12.5. The number of carbonyl (C=O) groups excluding carboxylic acids is 2. The molecular formula is C20H26F2N2O2. The molecule has 6 heteroatoms. The van der Waals surface area contributed by atoms with Gasteiger partial charge in [-0.2, -0.15) is 0 Å². The van der Waals surface area contributed by atoms with Crippen molar-refractivity contribution in [2.75, 3.05) is 6.54 Å². The smallest absolute Gasteiger partial charge is 0.225 e. The van der Waals surface area contributed by atoms with Gasteiger partial charge in [0.15, 0.2) is 0 Å². The fourth-order valence-electron chi connectivity index (χ4n) is 4.01. The monoisotopic (exact) mass is 364 g/mol. The van der Waals surface area contributed by atoms with Gasteiger partial charge in [0, 0.05) is 31.1 Å². The minimum Gasteiger partial charge on any atom is -0.352 e. The van der Waals surface area contributed by atoms with Crippen LogP contribution in [0.2, 0.25) is 0 Å². The fourth-order valence-corrected chi connectivity index (χ4v) is 4.01. The Kier molecular flexibility index (Phi) is 6.22. The van der Waals surface area contributed by atoms with E-state index in [9.17, 15) is 18.4 Å². The second kappa shape index (κ2) is 8.60. The molecule has 3 rings (SSSR count). The molecule has 26 heavy (non-hydrogen) atoms. The van der Waals surface area contributed by atoms with Gasteiger partial charge in [0.2, 0.25) is 11.8 Å². The Labute approximate surface area is 152 Å². The molecule has 142 valence electrons.